The second kappa shape index (κ2) is 10.9. The summed E-state index contributed by atoms with van der Waals surface area (Å²) in [6.07, 6.45) is -17.9. The SMILES string of the molecule is C=C(C)C(=O)OCC(C)(COC(=O)C(=C)C)NC(=O)OC(C(C)(F)F)C(F)(F)OC(F)(F)F. The summed E-state index contributed by atoms with van der Waals surface area (Å²) in [5.41, 5.74) is -2.18. The lowest BCUT2D eigenvalue weighted by molar-refractivity contribution is -0.451. The van der Waals surface area contributed by atoms with Gasteiger partial charge in [-0.2, -0.15) is 8.78 Å². The Morgan fingerprint density at radius 3 is 1.55 bits per heavy atom. The molecule has 0 aromatic carbocycles. The van der Waals surface area contributed by atoms with Crippen LogP contribution in [-0.2, 0) is 28.5 Å². The molecule has 0 saturated carbocycles. The van der Waals surface area contributed by atoms with Crippen LogP contribution in [0.2, 0.25) is 0 Å². The summed E-state index contributed by atoms with van der Waals surface area (Å²) in [4.78, 5) is 35.2. The first-order chi connectivity index (χ1) is 14.6. The Morgan fingerprint density at radius 1 is 0.848 bits per heavy atom. The fraction of sp³-hybridized carbons (Fsp3) is 0.611. The Morgan fingerprint density at radius 2 is 1.24 bits per heavy atom. The molecular weight excluding hydrogens is 475 g/mol. The van der Waals surface area contributed by atoms with Gasteiger partial charge in [0.15, 0.2) is 0 Å². The van der Waals surface area contributed by atoms with Crippen molar-refractivity contribution in [3.63, 3.8) is 0 Å². The Bertz CT molecular complexity index is 745. The lowest BCUT2D eigenvalue weighted by Crippen LogP contribution is -2.58. The van der Waals surface area contributed by atoms with Crippen molar-refractivity contribution in [3.8, 4) is 0 Å². The van der Waals surface area contributed by atoms with Crippen LogP contribution in [0.25, 0.3) is 0 Å². The zero-order chi connectivity index (χ0) is 26.4. The van der Waals surface area contributed by atoms with Crippen LogP contribution in [0.4, 0.5) is 35.5 Å². The van der Waals surface area contributed by atoms with E-state index in [9.17, 15) is 45.1 Å². The van der Waals surface area contributed by atoms with Crippen LogP contribution in [0.3, 0.4) is 0 Å². The summed E-state index contributed by atoms with van der Waals surface area (Å²) in [6.45, 7) is 8.21. The molecule has 0 aliphatic carbocycles. The van der Waals surface area contributed by atoms with E-state index in [2.05, 4.69) is 22.6 Å². The van der Waals surface area contributed by atoms with Gasteiger partial charge in [-0.05, 0) is 20.8 Å². The van der Waals surface area contributed by atoms with Crippen LogP contribution in [0.15, 0.2) is 24.3 Å². The maximum Gasteiger partial charge on any atom is 0.527 e. The zero-order valence-corrected chi connectivity index (χ0v) is 17.9. The van der Waals surface area contributed by atoms with Crippen molar-refractivity contribution in [1.82, 2.24) is 5.32 Å². The fourth-order valence-electron chi connectivity index (χ4n) is 1.87. The normalized spacial score (nSPS) is 13.5. The quantitative estimate of drug-likeness (QED) is 0.200. The van der Waals surface area contributed by atoms with Gasteiger partial charge in [0.05, 0.1) is 0 Å². The highest BCUT2D eigenvalue weighted by Gasteiger charge is 2.61. The van der Waals surface area contributed by atoms with Gasteiger partial charge in [-0.15, -0.1) is 13.2 Å². The van der Waals surface area contributed by atoms with Gasteiger partial charge in [0.1, 0.15) is 18.8 Å². The molecule has 15 heteroatoms. The van der Waals surface area contributed by atoms with Gasteiger partial charge in [-0.3, -0.25) is 0 Å². The minimum atomic E-state index is -6.05. The second-order valence-electron chi connectivity index (χ2n) is 7.25. The molecular formula is C18H22F7NO7. The molecule has 0 aromatic heterocycles. The lowest BCUT2D eigenvalue weighted by atomic mass is 10.1. The average molecular weight is 497 g/mol. The highest BCUT2D eigenvalue weighted by Crippen LogP contribution is 2.38. The van der Waals surface area contributed by atoms with E-state index in [-0.39, 0.29) is 18.1 Å². The summed E-state index contributed by atoms with van der Waals surface area (Å²) >= 11 is 0. The number of alkyl carbamates (subject to hydrolysis) is 1. The first kappa shape index (κ1) is 30.2. The molecule has 1 N–H and O–H groups in total. The van der Waals surface area contributed by atoms with Gasteiger partial charge in [-0.25, -0.2) is 27.9 Å². The minimum absolute atomic E-state index is 0.103. The molecule has 0 aliphatic heterocycles. The molecule has 0 spiro atoms. The Labute approximate surface area is 183 Å². The first-order valence-corrected chi connectivity index (χ1v) is 8.76. The number of ether oxygens (including phenoxy) is 4. The molecule has 190 valence electrons. The molecule has 0 saturated heterocycles. The number of rotatable bonds is 11. The van der Waals surface area contributed by atoms with Crippen molar-refractivity contribution in [3.05, 3.63) is 24.3 Å². The molecule has 1 amide bonds. The van der Waals surface area contributed by atoms with Crippen molar-refractivity contribution in [1.29, 1.82) is 0 Å². The molecule has 0 rings (SSSR count). The smallest absolute Gasteiger partial charge is 0.460 e. The number of hydrogen-bond acceptors (Lipinski definition) is 7. The number of carbonyl (C=O) groups is 3. The van der Waals surface area contributed by atoms with Gasteiger partial charge >= 0.3 is 30.5 Å². The van der Waals surface area contributed by atoms with Crippen LogP contribution >= 0.6 is 0 Å². The minimum Gasteiger partial charge on any atom is -0.460 e. The van der Waals surface area contributed by atoms with E-state index in [1.807, 2.05) is 0 Å². The van der Waals surface area contributed by atoms with Crippen LogP contribution < -0.4 is 5.32 Å². The third-order valence-corrected chi connectivity index (χ3v) is 3.39. The molecule has 0 heterocycles. The predicted octanol–water partition coefficient (Wildman–Crippen LogP) is 3.86. The number of nitrogens with one attached hydrogen (secondary N) is 1. The summed E-state index contributed by atoms with van der Waals surface area (Å²) in [6, 6.07) is 0. The first-order valence-electron chi connectivity index (χ1n) is 8.76. The van der Waals surface area contributed by atoms with Gasteiger partial charge in [0.2, 0.25) is 0 Å². The Balaban J connectivity index is 5.70. The zero-order valence-electron chi connectivity index (χ0n) is 17.9. The highest BCUT2D eigenvalue weighted by atomic mass is 19.4. The number of halogens is 7. The number of hydrogen-bond donors (Lipinski definition) is 1. The summed E-state index contributed by atoms with van der Waals surface area (Å²) in [7, 11) is 0. The molecule has 33 heavy (non-hydrogen) atoms. The maximum absolute atomic E-state index is 13.7. The Hall–Kier alpha value is -2.84. The molecule has 1 unspecified atom stereocenters. The standard InChI is InChI=1S/C18H22F7NO7/c1-9(2)11(27)30-7-15(5,8-31-12(28)10(3)4)26-14(29)32-13(16(6,19)20)17(21,22)33-18(23,24)25/h13H,1,3,7-8H2,2,4-6H3,(H,26,29). The van der Waals surface area contributed by atoms with Crippen molar-refractivity contribution < 1.29 is 64.1 Å². The van der Waals surface area contributed by atoms with Crippen molar-refractivity contribution in [2.45, 2.75) is 57.7 Å². The summed E-state index contributed by atoms with van der Waals surface area (Å²) in [5.74, 6) is -6.70. The number of carbonyl (C=O) groups excluding carboxylic acids is 3. The maximum atomic E-state index is 13.7. The molecule has 1 atom stereocenters. The number of alkyl halides is 7. The molecule has 0 aliphatic rings. The number of esters is 2. The molecule has 0 bridgehead atoms. The topological polar surface area (TPSA) is 100 Å². The van der Waals surface area contributed by atoms with Gasteiger partial charge in [0.25, 0.3) is 12.0 Å². The third-order valence-electron chi connectivity index (χ3n) is 3.39. The van der Waals surface area contributed by atoms with E-state index in [4.69, 9.17) is 9.47 Å². The largest absolute Gasteiger partial charge is 0.527 e. The molecule has 0 radical (unpaired) electrons. The van der Waals surface area contributed by atoms with E-state index in [0.717, 1.165) is 6.92 Å². The van der Waals surface area contributed by atoms with Crippen molar-refractivity contribution >= 4 is 18.0 Å². The molecule has 8 nitrogen and oxygen atoms in total. The van der Waals surface area contributed by atoms with Crippen LogP contribution in [-0.4, -0.2) is 61.3 Å². The van der Waals surface area contributed by atoms with E-state index in [1.165, 1.54) is 13.8 Å². The van der Waals surface area contributed by atoms with E-state index in [1.54, 1.807) is 5.32 Å². The lowest BCUT2D eigenvalue weighted by Gasteiger charge is -2.33. The number of amides is 1. The molecule has 0 aromatic rings. The fourth-order valence-corrected chi connectivity index (χ4v) is 1.87. The van der Waals surface area contributed by atoms with Gasteiger partial charge < -0.3 is 19.5 Å². The van der Waals surface area contributed by atoms with E-state index < -0.39 is 61.3 Å². The predicted molar refractivity (Wildman–Crippen MR) is 96.1 cm³/mol. The summed E-state index contributed by atoms with van der Waals surface area (Å²) in [5, 5.41) is 1.74. The van der Waals surface area contributed by atoms with Crippen LogP contribution in [0.1, 0.15) is 27.7 Å². The Kier molecular flexibility index (Phi) is 9.92. The van der Waals surface area contributed by atoms with Crippen LogP contribution in [0.5, 0.6) is 0 Å². The highest BCUT2D eigenvalue weighted by molar-refractivity contribution is 5.87. The average Bonchev–Trinajstić information content (AvgIpc) is 2.59. The second-order valence-corrected chi connectivity index (χ2v) is 7.25. The molecule has 0 fully saturated rings. The van der Waals surface area contributed by atoms with Gasteiger partial charge in [0, 0.05) is 18.1 Å². The third kappa shape index (κ3) is 11.0. The van der Waals surface area contributed by atoms with E-state index >= 15 is 0 Å². The van der Waals surface area contributed by atoms with Crippen molar-refractivity contribution in [2.24, 2.45) is 0 Å². The summed E-state index contributed by atoms with van der Waals surface area (Å²) < 4.78 is 107. The van der Waals surface area contributed by atoms with Crippen LogP contribution in [0, 0.1) is 0 Å². The van der Waals surface area contributed by atoms with Crippen molar-refractivity contribution in [2.75, 3.05) is 13.2 Å². The van der Waals surface area contributed by atoms with E-state index in [0.29, 0.717) is 0 Å². The monoisotopic (exact) mass is 497 g/mol. The van der Waals surface area contributed by atoms with Gasteiger partial charge in [-0.1, -0.05) is 13.2 Å².